The first-order valence-electron chi connectivity index (χ1n) is 9.73. The summed E-state index contributed by atoms with van der Waals surface area (Å²) in [7, 11) is 0. The number of carboxylic acid groups (broad SMARTS) is 2. The molecular formula is C19H37NO6. The van der Waals surface area contributed by atoms with Crippen molar-refractivity contribution in [1.29, 1.82) is 0 Å². The molecule has 0 fully saturated rings. The van der Waals surface area contributed by atoms with Gasteiger partial charge in [0.15, 0.2) is 0 Å². The number of aliphatic carboxylic acids is 2. The first-order valence-corrected chi connectivity index (χ1v) is 9.73. The van der Waals surface area contributed by atoms with E-state index >= 15 is 0 Å². The van der Waals surface area contributed by atoms with Gasteiger partial charge in [0.25, 0.3) is 0 Å². The minimum absolute atomic E-state index is 0.0891. The summed E-state index contributed by atoms with van der Waals surface area (Å²) in [6.45, 7) is 4.13. The molecule has 0 aliphatic carbocycles. The number of hydrogen-bond acceptors (Lipinski definition) is 4. The van der Waals surface area contributed by atoms with Crippen LogP contribution in [0.5, 0.6) is 0 Å². The van der Waals surface area contributed by atoms with Gasteiger partial charge in [-0.1, -0.05) is 58.3 Å². The van der Waals surface area contributed by atoms with Crippen molar-refractivity contribution >= 4 is 17.8 Å². The van der Waals surface area contributed by atoms with Gasteiger partial charge >= 0.3 is 11.9 Å². The van der Waals surface area contributed by atoms with Gasteiger partial charge in [0.1, 0.15) is 6.04 Å². The van der Waals surface area contributed by atoms with Crippen LogP contribution >= 0.6 is 0 Å². The lowest BCUT2D eigenvalue weighted by Gasteiger charge is -2.13. The van der Waals surface area contributed by atoms with Gasteiger partial charge in [0.2, 0.25) is 5.91 Å². The monoisotopic (exact) mass is 375 g/mol. The molecule has 0 rings (SSSR count). The molecule has 0 saturated carbocycles. The topological polar surface area (TPSA) is 124 Å². The van der Waals surface area contributed by atoms with Crippen LogP contribution in [0, 0.1) is 0 Å². The average molecular weight is 376 g/mol. The number of hydrogen-bond donors (Lipinski definition) is 4. The van der Waals surface area contributed by atoms with Gasteiger partial charge in [-0.3, -0.25) is 9.59 Å². The molecule has 7 heteroatoms. The molecule has 4 N–H and O–H groups in total. The number of amides is 1. The molecule has 7 nitrogen and oxygen atoms in total. The molecule has 1 unspecified atom stereocenters. The Balaban J connectivity index is 0. The number of unbranched alkanes of at least 4 members (excludes halogenated alkanes) is 8. The standard InChI is InChI=1S/C17H31NO5.C2H6O/c1-2-3-4-5-6-7-8-9-10-11-15(19)18-14(17(22)23)12-13-16(20)21;1-2-3/h14H,2-13H2,1H3,(H,18,19)(H,20,21)(H,22,23);3H,2H2,1H3. The van der Waals surface area contributed by atoms with Gasteiger partial charge in [-0.15, -0.1) is 0 Å². The fourth-order valence-electron chi connectivity index (χ4n) is 2.39. The maximum Gasteiger partial charge on any atom is 0.326 e. The Morgan fingerprint density at radius 1 is 0.808 bits per heavy atom. The number of aliphatic hydroxyl groups excluding tert-OH is 1. The predicted molar refractivity (Wildman–Crippen MR) is 101 cm³/mol. The number of aliphatic hydroxyl groups is 1. The zero-order valence-corrected chi connectivity index (χ0v) is 16.3. The van der Waals surface area contributed by atoms with Crippen LogP contribution in [0.2, 0.25) is 0 Å². The van der Waals surface area contributed by atoms with Crippen LogP contribution in [0.3, 0.4) is 0 Å². The Hall–Kier alpha value is -1.63. The Labute approximate surface area is 157 Å². The second-order valence-electron chi connectivity index (χ2n) is 6.29. The maximum absolute atomic E-state index is 11.7. The Kier molecular flexibility index (Phi) is 20.1. The van der Waals surface area contributed by atoms with E-state index in [0.717, 1.165) is 19.3 Å². The van der Waals surface area contributed by atoms with Crippen molar-refractivity contribution in [2.24, 2.45) is 0 Å². The molecule has 0 saturated heterocycles. The molecule has 0 aromatic carbocycles. The summed E-state index contributed by atoms with van der Waals surface area (Å²) in [5.74, 6) is -2.57. The van der Waals surface area contributed by atoms with Crippen molar-refractivity contribution < 1.29 is 29.7 Å². The molecule has 154 valence electrons. The number of nitrogens with one attached hydrogen (secondary N) is 1. The molecule has 0 heterocycles. The van der Waals surface area contributed by atoms with Crippen LogP contribution < -0.4 is 5.32 Å². The van der Waals surface area contributed by atoms with Gasteiger partial charge in [0.05, 0.1) is 0 Å². The van der Waals surface area contributed by atoms with Crippen LogP contribution in [0.1, 0.15) is 90.9 Å². The molecule has 0 bridgehead atoms. The highest BCUT2D eigenvalue weighted by Crippen LogP contribution is 2.10. The zero-order valence-electron chi connectivity index (χ0n) is 16.3. The summed E-state index contributed by atoms with van der Waals surface area (Å²) in [6.07, 6.45) is 10.3. The summed E-state index contributed by atoms with van der Waals surface area (Å²) in [6, 6.07) is -1.11. The lowest BCUT2D eigenvalue weighted by atomic mass is 10.1. The molecule has 26 heavy (non-hydrogen) atoms. The van der Waals surface area contributed by atoms with Crippen LogP contribution in [0.4, 0.5) is 0 Å². The third-order valence-electron chi connectivity index (χ3n) is 3.79. The van der Waals surface area contributed by atoms with Crippen molar-refractivity contribution in [1.82, 2.24) is 5.32 Å². The van der Waals surface area contributed by atoms with Gasteiger partial charge < -0.3 is 20.6 Å². The molecule has 0 aromatic rings. The van der Waals surface area contributed by atoms with Crippen molar-refractivity contribution in [3.8, 4) is 0 Å². The fourth-order valence-corrected chi connectivity index (χ4v) is 2.39. The van der Waals surface area contributed by atoms with Crippen molar-refractivity contribution in [2.45, 2.75) is 96.9 Å². The second-order valence-corrected chi connectivity index (χ2v) is 6.29. The summed E-state index contributed by atoms with van der Waals surface area (Å²) in [5, 5.41) is 27.5. The number of carboxylic acids is 2. The van der Waals surface area contributed by atoms with E-state index in [4.69, 9.17) is 15.3 Å². The molecule has 0 aromatic heterocycles. The van der Waals surface area contributed by atoms with Crippen LogP contribution in [0.25, 0.3) is 0 Å². The van der Waals surface area contributed by atoms with E-state index in [9.17, 15) is 14.4 Å². The fraction of sp³-hybridized carbons (Fsp3) is 0.842. The van der Waals surface area contributed by atoms with E-state index in [1.807, 2.05) is 0 Å². The third kappa shape index (κ3) is 20.4. The van der Waals surface area contributed by atoms with E-state index in [0.29, 0.717) is 6.42 Å². The Bertz CT molecular complexity index is 373. The Morgan fingerprint density at radius 2 is 1.27 bits per heavy atom. The lowest BCUT2D eigenvalue weighted by molar-refractivity contribution is -0.143. The predicted octanol–water partition coefficient (Wildman–Crippen LogP) is 3.34. The van der Waals surface area contributed by atoms with Crippen LogP contribution in [0.15, 0.2) is 0 Å². The first-order chi connectivity index (χ1) is 12.4. The van der Waals surface area contributed by atoms with Crippen molar-refractivity contribution in [3.63, 3.8) is 0 Å². The highest BCUT2D eigenvalue weighted by Gasteiger charge is 2.20. The van der Waals surface area contributed by atoms with E-state index in [-0.39, 0.29) is 25.4 Å². The van der Waals surface area contributed by atoms with Gasteiger partial charge in [-0.25, -0.2) is 4.79 Å². The normalized spacial score (nSPS) is 11.2. The van der Waals surface area contributed by atoms with Crippen molar-refractivity contribution in [2.75, 3.05) is 6.61 Å². The summed E-state index contributed by atoms with van der Waals surface area (Å²) < 4.78 is 0. The zero-order chi connectivity index (χ0) is 20.2. The highest BCUT2D eigenvalue weighted by molar-refractivity contribution is 5.83. The molecule has 0 aliphatic rings. The molecule has 0 aliphatic heterocycles. The quantitative estimate of drug-likeness (QED) is 0.325. The largest absolute Gasteiger partial charge is 0.481 e. The smallest absolute Gasteiger partial charge is 0.326 e. The first kappa shape index (κ1) is 26.6. The molecule has 1 amide bonds. The Morgan fingerprint density at radius 3 is 1.69 bits per heavy atom. The molecule has 0 spiro atoms. The van der Waals surface area contributed by atoms with Crippen LogP contribution in [-0.4, -0.2) is 45.8 Å². The SMILES string of the molecule is CCCCCCCCCCCC(=O)NC(CCC(=O)O)C(=O)O.CCO. The molecule has 0 radical (unpaired) electrons. The maximum atomic E-state index is 11.7. The van der Waals surface area contributed by atoms with Crippen molar-refractivity contribution in [3.05, 3.63) is 0 Å². The highest BCUT2D eigenvalue weighted by atomic mass is 16.4. The number of carbonyl (C=O) groups is 3. The number of rotatable bonds is 15. The van der Waals surface area contributed by atoms with Gasteiger partial charge in [-0.2, -0.15) is 0 Å². The minimum atomic E-state index is -1.19. The molecule has 1 atom stereocenters. The third-order valence-corrected chi connectivity index (χ3v) is 3.79. The lowest BCUT2D eigenvalue weighted by Crippen LogP contribution is -2.41. The second kappa shape index (κ2) is 19.7. The minimum Gasteiger partial charge on any atom is -0.481 e. The molecular weight excluding hydrogens is 338 g/mol. The summed E-state index contributed by atoms with van der Waals surface area (Å²) in [5.41, 5.74) is 0. The van der Waals surface area contributed by atoms with Crippen LogP contribution in [-0.2, 0) is 14.4 Å². The summed E-state index contributed by atoms with van der Waals surface area (Å²) >= 11 is 0. The number of carbonyl (C=O) groups excluding carboxylic acids is 1. The summed E-state index contributed by atoms with van der Waals surface area (Å²) in [4.78, 5) is 33.1. The average Bonchev–Trinajstić information content (AvgIpc) is 2.57. The van der Waals surface area contributed by atoms with E-state index in [2.05, 4.69) is 12.2 Å². The van der Waals surface area contributed by atoms with E-state index < -0.39 is 18.0 Å². The van der Waals surface area contributed by atoms with E-state index in [1.54, 1.807) is 6.92 Å². The van der Waals surface area contributed by atoms with Gasteiger partial charge in [0, 0.05) is 19.4 Å². The van der Waals surface area contributed by atoms with Gasteiger partial charge in [-0.05, 0) is 19.8 Å². The van der Waals surface area contributed by atoms with E-state index in [1.165, 1.54) is 38.5 Å².